The van der Waals surface area contributed by atoms with E-state index in [1.54, 1.807) is 0 Å². The van der Waals surface area contributed by atoms with Crippen molar-refractivity contribution in [3.8, 4) is 22.6 Å². The molecule has 1 spiro atoms. The fraction of sp³-hybridized carbons (Fsp3) is 0.0625. The first-order valence-corrected chi connectivity index (χ1v) is 11.5. The van der Waals surface area contributed by atoms with Gasteiger partial charge in [-0.15, -0.1) is 0 Å². The molecule has 2 aliphatic rings. The molecule has 0 fully saturated rings. The number of rotatable bonds is 2. The van der Waals surface area contributed by atoms with Gasteiger partial charge >= 0.3 is 0 Å². The first-order valence-electron chi connectivity index (χ1n) is 11.5. The van der Waals surface area contributed by atoms with Crippen LogP contribution in [0.4, 0.5) is 0 Å². The lowest BCUT2D eigenvalue weighted by atomic mass is 9.66. The maximum atomic E-state index is 6.50. The van der Waals surface area contributed by atoms with Crippen LogP contribution >= 0.6 is 0 Å². The zero-order chi connectivity index (χ0) is 21.8. The summed E-state index contributed by atoms with van der Waals surface area (Å²) >= 11 is 0. The minimum Gasteiger partial charge on any atom is -0.457 e. The second-order valence-electron chi connectivity index (χ2n) is 8.93. The third kappa shape index (κ3) is 2.54. The fourth-order valence-corrected chi connectivity index (χ4v) is 5.85. The van der Waals surface area contributed by atoms with E-state index in [4.69, 9.17) is 4.74 Å². The molecule has 0 aromatic heterocycles. The van der Waals surface area contributed by atoms with E-state index < -0.39 is 0 Å². The Kier molecular flexibility index (Phi) is 3.89. The molecule has 5 aromatic carbocycles. The Hall–Kier alpha value is -4.10. The number of fused-ring (bicyclic) bond motifs is 9. The largest absolute Gasteiger partial charge is 0.457 e. The Morgan fingerprint density at radius 2 is 1.03 bits per heavy atom. The Labute approximate surface area is 193 Å². The van der Waals surface area contributed by atoms with E-state index in [0.717, 1.165) is 17.9 Å². The molecule has 5 aromatic rings. The van der Waals surface area contributed by atoms with Crippen molar-refractivity contribution in [2.24, 2.45) is 0 Å². The average Bonchev–Trinajstić information content (AvgIpc) is 3.17. The molecular formula is C32H22O. The topological polar surface area (TPSA) is 9.23 Å². The molecule has 1 heteroatoms. The summed E-state index contributed by atoms with van der Waals surface area (Å²) in [5.41, 5.74) is 9.96. The highest BCUT2D eigenvalue weighted by Gasteiger charge is 2.50. The molecule has 1 heterocycles. The van der Waals surface area contributed by atoms with Crippen LogP contribution in [-0.2, 0) is 11.8 Å². The van der Waals surface area contributed by atoms with E-state index >= 15 is 0 Å². The molecule has 0 amide bonds. The van der Waals surface area contributed by atoms with Gasteiger partial charge in [-0.05, 0) is 51.9 Å². The normalized spacial score (nSPS) is 14.1. The lowest BCUT2D eigenvalue weighted by Crippen LogP contribution is -2.32. The smallest absolute Gasteiger partial charge is 0.132 e. The third-order valence-corrected chi connectivity index (χ3v) is 7.16. The summed E-state index contributed by atoms with van der Waals surface area (Å²) in [4.78, 5) is 0. The molecule has 0 radical (unpaired) electrons. The van der Waals surface area contributed by atoms with Crippen LogP contribution in [0, 0.1) is 0 Å². The fourth-order valence-electron chi connectivity index (χ4n) is 5.85. The summed E-state index contributed by atoms with van der Waals surface area (Å²) in [6, 6.07) is 43.7. The van der Waals surface area contributed by atoms with Gasteiger partial charge in [-0.1, -0.05) is 109 Å². The second kappa shape index (κ2) is 6.95. The molecule has 0 saturated heterocycles. The van der Waals surface area contributed by atoms with Gasteiger partial charge in [-0.2, -0.15) is 0 Å². The molecule has 0 unspecified atom stereocenters. The molecule has 156 valence electrons. The predicted molar refractivity (Wildman–Crippen MR) is 133 cm³/mol. The summed E-state index contributed by atoms with van der Waals surface area (Å²) in [7, 11) is 0. The summed E-state index contributed by atoms with van der Waals surface area (Å²) < 4.78 is 6.50. The van der Waals surface area contributed by atoms with Crippen molar-refractivity contribution >= 4 is 0 Å². The first-order chi connectivity index (χ1) is 16.4. The van der Waals surface area contributed by atoms with Gasteiger partial charge in [0.05, 0.1) is 5.41 Å². The summed E-state index contributed by atoms with van der Waals surface area (Å²) in [5.74, 6) is 1.88. The van der Waals surface area contributed by atoms with Gasteiger partial charge in [0.15, 0.2) is 0 Å². The molecule has 1 nitrogen and oxygen atoms in total. The third-order valence-electron chi connectivity index (χ3n) is 7.16. The quantitative estimate of drug-likeness (QED) is 0.277. The van der Waals surface area contributed by atoms with Crippen molar-refractivity contribution in [3.63, 3.8) is 0 Å². The van der Waals surface area contributed by atoms with Gasteiger partial charge in [0, 0.05) is 11.1 Å². The molecule has 0 N–H and O–H groups in total. The Morgan fingerprint density at radius 1 is 0.455 bits per heavy atom. The van der Waals surface area contributed by atoms with Crippen LogP contribution in [0.3, 0.4) is 0 Å². The SMILES string of the molecule is c1ccc(Cc2ccc3c(c2)C2(c4ccccc4O3)c3ccccc3-c3ccccc32)cc1. The number of benzene rings is 5. The molecule has 0 saturated carbocycles. The van der Waals surface area contributed by atoms with Crippen LogP contribution < -0.4 is 4.74 Å². The highest BCUT2D eigenvalue weighted by molar-refractivity contribution is 5.88. The van der Waals surface area contributed by atoms with Gasteiger partial charge in [-0.25, -0.2) is 0 Å². The maximum absolute atomic E-state index is 6.50. The number of hydrogen-bond acceptors (Lipinski definition) is 1. The lowest BCUT2D eigenvalue weighted by Gasteiger charge is -2.39. The van der Waals surface area contributed by atoms with Gasteiger partial charge < -0.3 is 4.74 Å². The van der Waals surface area contributed by atoms with Gasteiger partial charge in [-0.3, -0.25) is 0 Å². The lowest BCUT2D eigenvalue weighted by molar-refractivity contribution is 0.436. The van der Waals surface area contributed by atoms with Crippen molar-refractivity contribution in [3.05, 3.63) is 155 Å². The van der Waals surface area contributed by atoms with Gasteiger partial charge in [0.25, 0.3) is 0 Å². The van der Waals surface area contributed by atoms with Crippen LogP contribution in [0.5, 0.6) is 11.5 Å². The minimum atomic E-state index is -0.385. The van der Waals surface area contributed by atoms with Crippen LogP contribution in [-0.4, -0.2) is 0 Å². The number of para-hydroxylation sites is 1. The van der Waals surface area contributed by atoms with E-state index in [-0.39, 0.29) is 5.41 Å². The van der Waals surface area contributed by atoms with Crippen molar-refractivity contribution in [1.29, 1.82) is 0 Å². The van der Waals surface area contributed by atoms with E-state index in [1.165, 1.54) is 44.5 Å². The van der Waals surface area contributed by atoms with Crippen LogP contribution in [0.15, 0.2) is 121 Å². The van der Waals surface area contributed by atoms with Crippen molar-refractivity contribution in [2.75, 3.05) is 0 Å². The average molecular weight is 423 g/mol. The Morgan fingerprint density at radius 3 is 1.76 bits per heavy atom. The van der Waals surface area contributed by atoms with Crippen molar-refractivity contribution in [2.45, 2.75) is 11.8 Å². The van der Waals surface area contributed by atoms with Gasteiger partial charge in [0.1, 0.15) is 11.5 Å². The van der Waals surface area contributed by atoms with Crippen molar-refractivity contribution < 1.29 is 4.74 Å². The molecule has 7 rings (SSSR count). The molecule has 0 atom stereocenters. The minimum absolute atomic E-state index is 0.385. The summed E-state index contributed by atoms with van der Waals surface area (Å²) in [6.45, 7) is 0. The summed E-state index contributed by atoms with van der Waals surface area (Å²) in [5, 5.41) is 0. The predicted octanol–water partition coefficient (Wildman–Crippen LogP) is 7.75. The van der Waals surface area contributed by atoms with E-state index in [0.29, 0.717) is 0 Å². The van der Waals surface area contributed by atoms with E-state index in [2.05, 4.69) is 121 Å². The second-order valence-corrected chi connectivity index (χ2v) is 8.93. The van der Waals surface area contributed by atoms with Crippen LogP contribution in [0.2, 0.25) is 0 Å². The monoisotopic (exact) mass is 422 g/mol. The Bertz CT molecular complexity index is 1470. The highest BCUT2D eigenvalue weighted by Crippen LogP contribution is 2.61. The van der Waals surface area contributed by atoms with Crippen LogP contribution in [0.25, 0.3) is 11.1 Å². The first kappa shape index (κ1) is 18.5. The molecule has 1 aliphatic carbocycles. The zero-order valence-electron chi connectivity index (χ0n) is 18.2. The van der Waals surface area contributed by atoms with E-state index in [9.17, 15) is 0 Å². The standard InChI is InChI=1S/C32H22O/c1-2-10-22(11-3-1)20-23-18-19-31-29(21-23)32(28-16-8-9-17-30(28)33-31)26-14-6-4-12-24(26)25-13-5-7-15-27(25)32/h1-19,21H,20H2. The molecule has 0 bridgehead atoms. The molecular weight excluding hydrogens is 400 g/mol. The Balaban J connectivity index is 1.55. The van der Waals surface area contributed by atoms with Gasteiger partial charge in [0.2, 0.25) is 0 Å². The summed E-state index contributed by atoms with van der Waals surface area (Å²) in [6.07, 6.45) is 0.898. The molecule has 33 heavy (non-hydrogen) atoms. The van der Waals surface area contributed by atoms with Crippen molar-refractivity contribution in [1.82, 2.24) is 0 Å². The maximum Gasteiger partial charge on any atom is 0.132 e. The molecule has 1 aliphatic heterocycles. The number of hydrogen-bond donors (Lipinski definition) is 0. The zero-order valence-corrected chi connectivity index (χ0v) is 18.2. The van der Waals surface area contributed by atoms with Crippen LogP contribution in [0.1, 0.15) is 33.4 Å². The van der Waals surface area contributed by atoms with E-state index in [1.807, 2.05) is 0 Å². The number of ether oxygens (including phenoxy) is 1. The highest BCUT2D eigenvalue weighted by atomic mass is 16.5.